The van der Waals surface area contributed by atoms with Crippen LogP contribution < -0.4 is 0 Å². The Labute approximate surface area is 161 Å². The summed E-state index contributed by atoms with van der Waals surface area (Å²) in [5, 5.41) is 3.93. The van der Waals surface area contributed by atoms with Crippen LogP contribution in [0, 0.1) is 5.92 Å². The topological polar surface area (TPSA) is 88.8 Å². The van der Waals surface area contributed by atoms with E-state index >= 15 is 0 Å². The zero-order valence-corrected chi connectivity index (χ0v) is 16.9. The van der Waals surface area contributed by atoms with Gasteiger partial charge >= 0.3 is 0 Å². The van der Waals surface area contributed by atoms with E-state index in [1.807, 2.05) is 9.80 Å². The van der Waals surface area contributed by atoms with E-state index in [0.717, 1.165) is 32.2 Å². The molecule has 8 heteroatoms. The van der Waals surface area contributed by atoms with Gasteiger partial charge in [0.25, 0.3) is 5.89 Å². The number of amides is 2. The van der Waals surface area contributed by atoms with Crippen LogP contribution in [0.4, 0.5) is 0 Å². The van der Waals surface area contributed by atoms with Crippen molar-refractivity contribution in [1.29, 1.82) is 0 Å². The van der Waals surface area contributed by atoms with Gasteiger partial charge in [-0.15, -0.1) is 0 Å². The average molecular weight is 380 g/mol. The molecule has 2 heterocycles. The molecule has 8 nitrogen and oxygen atoms in total. The van der Waals surface area contributed by atoms with Crippen molar-refractivity contribution in [2.75, 3.05) is 26.7 Å². The van der Waals surface area contributed by atoms with Gasteiger partial charge in [-0.3, -0.25) is 9.59 Å². The average Bonchev–Trinajstić information content (AvgIpc) is 3.10. The number of carbonyl (C=O) groups is 2. The Morgan fingerprint density at radius 3 is 2.74 bits per heavy atom. The van der Waals surface area contributed by atoms with Crippen LogP contribution >= 0.6 is 0 Å². The molecule has 152 valence electrons. The Balaban J connectivity index is 1.98. The van der Waals surface area contributed by atoms with E-state index in [4.69, 9.17) is 9.26 Å². The van der Waals surface area contributed by atoms with E-state index in [1.54, 1.807) is 14.0 Å². The van der Waals surface area contributed by atoms with E-state index in [-0.39, 0.29) is 30.4 Å². The highest BCUT2D eigenvalue weighted by Crippen LogP contribution is 2.21. The van der Waals surface area contributed by atoms with E-state index in [9.17, 15) is 9.59 Å². The lowest BCUT2D eigenvalue weighted by atomic mass is 9.98. The van der Waals surface area contributed by atoms with Crippen LogP contribution in [0.15, 0.2) is 4.52 Å². The van der Waals surface area contributed by atoms with E-state index < -0.39 is 0 Å². The van der Waals surface area contributed by atoms with Gasteiger partial charge in [-0.25, -0.2) is 0 Å². The number of piperidine rings is 1. The third-order valence-corrected chi connectivity index (χ3v) is 5.24. The van der Waals surface area contributed by atoms with Gasteiger partial charge in [-0.2, -0.15) is 4.98 Å². The van der Waals surface area contributed by atoms with Crippen molar-refractivity contribution in [2.24, 2.45) is 5.92 Å². The van der Waals surface area contributed by atoms with Crippen molar-refractivity contribution in [2.45, 2.75) is 65.5 Å². The Morgan fingerprint density at radius 1 is 1.37 bits per heavy atom. The maximum atomic E-state index is 12.7. The van der Waals surface area contributed by atoms with Crippen LogP contribution in [0.5, 0.6) is 0 Å². The van der Waals surface area contributed by atoms with Crippen LogP contribution in [-0.2, 0) is 27.4 Å². The van der Waals surface area contributed by atoms with Gasteiger partial charge in [0, 0.05) is 52.0 Å². The number of rotatable bonds is 9. The highest BCUT2D eigenvalue weighted by Gasteiger charge is 2.31. The molecule has 0 spiro atoms. The first-order valence-electron chi connectivity index (χ1n) is 9.86. The summed E-state index contributed by atoms with van der Waals surface area (Å²) < 4.78 is 10.1. The third kappa shape index (κ3) is 5.76. The van der Waals surface area contributed by atoms with Gasteiger partial charge < -0.3 is 19.1 Å². The van der Waals surface area contributed by atoms with Gasteiger partial charge in [0.1, 0.15) is 6.61 Å². The number of carbonyl (C=O) groups excluding carboxylic acids is 2. The number of nitrogens with zero attached hydrogens (tertiary/aromatic N) is 4. The molecule has 0 aromatic carbocycles. The Bertz CT molecular complexity index is 615. The van der Waals surface area contributed by atoms with Crippen LogP contribution in [0.25, 0.3) is 0 Å². The monoisotopic (exact) mass is 380 g/mol. The highest BCUT2D eigenvalue weighted by molar-refractivity contribution is 5.79. The van der Waals surface area contributed by atoms with E-state index in [1.165, 1.54) is 0 Å². The Hall–Kier alpha value is -1.96. The molecular formula is C19H32N4O4. The first-order valence-corrected chi connectivity index (χ1v) is 9.86. The van der Waals surface area contributed by atoms with Gasteiger partial charge in [0.05, 0.1) is 0 Å². The fourth-order valence-electron chi connectivity index (χ4n) is 3.70. The summed E-state index contributed by atoms with van der Waals surface area (Å²) in [6, 6.07) is 0.0416. The predicted molar refractivity (Wildman–Crippen MR) is 99.8 cm³/mol. The minimum absolute atomic E-state index is 0.0115. The molecule has 1 saturated heterocycles. The zero-order valence-electron chi connectivity index (χ0n) is 16.9. The van der Waals surface area contributed by atoms with Gasteiger partial charge in [0.2, 0.25) is 11.8 Å². The van der Waals surface area contributed by atoms with Crippen molar-refractivity contribution < 1.29 is 18.8 Å². The lowest BCUT2D eigenvalue weighted by molar-refractivity contribution is -0.141. The lowest BCUT2D eigenvalue weighted by Gasteiger charge is -2.40. The summed E-state index contributed by atoms with van der Waals surface area (Å²) in [5.74, 6) is 1.30. The minimum Gasteiger partial charge on any atom is -0.375 e. The minimum atomic E-state index is 0.0115. The summed E-state index contributed by atoms with van der Waals surface area (Å²) in [6.45, 7) is 7.86. The second kappa shape index (κ2) is 10.4. The van der Waals surface area contributed by atoms with Crippen molar-refractivity contribution in [3.05, 3.63) is 11.7 Å². The molecular weight excluding hydrogens is 348 g/mol. The third-order valence-electron chi connectivity index (χ3n) is 5.24. The second-order valence-corrected chi connectivity index (χ2v) is 7.09. The fourth-order valence-corrected chi connectivity index (χ4v) is 3.70. The quantitative estimate of drug-likeness (QED) is 0.651. The standard InChI is InChI=1S/C19H32N4O4/c1-5-15(6-2)19(25)22-10-7-8-16(12-22)23(14(3)24)11-9-17-20-18(13-26-4)27-21-17/h15-16H,5-13H2,1-4H3. The molecule has 1 aliphatic rings. The summed E-state index contributed by atoms with van der Waals surface area (Å²) in [5.41, 5.74) is 0. The molecule has 2 amide bonds. The molecule has 1 aromatic rings. The highest BCUT2D eigenvalue weighted by atomic mass is 16.5. The molecule has 0 N–H and O–H groups in total. The molecule has 0 saturated carbocycles. The molecule has 0 aliphatic carbocycles. The number of methoxy groups -OCH3 is 1. The molecule has 2 rings (SSSR count). The molecule has 1 fully saturated rings. The summed E-state index contributed by atoms with van der Waals surface area (Å²) in [6.07, 6.45) is 4.06. The second-order valence-electron chi connectivity index (χ2n) is 7.09. The molecule has 27 heavy (non-hydrogen) atoms. The SMILES string of the molecule is CCC(CC)C(=O)N1CCCC(N(CCc2noc(COC)n2)C(C)=O)C1. The predicted octanol–water partition coefficient (Wildman–Crippen LogP) is 2.03. The van der Waals surface area contributed by atoms with Crippen molar-refractivity contribution in [1.82, 2.24) is 19.9 Å². The van der Waals surface area contributed by atoms with Gasteiger partial charge in [-0.1, -0.05) is 19.0 Å². The van der Waals surface area contributed by atoms with Crippen molar-refractivity contribution >= 4 is 11.8 Å². The van der Waals surface area contributed by atoms with Crippen molar-refractivity contribution in [3.63, 3.8) is 0 Å². The number of likely N-dealkylation sites (tertiary alicyclic amines) is 1. The van der Waals surface area contributed by atoms with Crippen LogP contribution in [-0.4, -0.2) is 64.5 Å². The fraction of sp³-hybridized carbons (Fsp3) is 0.789. The number of hydrogen-bond acceptors (Lipinski definition) is 6. The van der Waals surface area contributed by atoms with E-state index in [0.29, 0.717) is 31.2 Å². The molecule has 1 aromatic heterocycles. The van der Waals surface area contributed by atoms with Crippen molar-refractivity contribution in [3.8, 4) is 0 Å². The Morgan fingerprint density at radius 2 is 2.11 bits per heavy atom. The van der Waals surface area contributed by atoms with Crippen LogP contribution in [0.3, 0.4) is 0 Å². The lowest BCUT2D eigenvalue weighted by Crippen LogP contribution is -2.52. The molecule has 0 radical (unpaired) electrons. The largest absolute Gasteiger partial charge is 0.375 e. The molecule has 1 atom stereocenters. The van der Waals surface area contributed by atoms with Crippen LogP contribution in [0.2, 0.25) is 0 Å². The molecule has 1 aliphatic heterocycles. The number of hydrogen-bond donors (Lipinski definition) is 0. The number of ether oxygens (including phenoxy) is 1. The Kier molecular flexibility index (Phi) is 8.22. The first kappa shape index (κ1) is 21.3. The molecule has 0 bridgehead atoms. The van der Waals surface area contributed by atoms with E-state index in [2.05, 4.69) is 24.0 Å². The maximum absolute atomic E-state index is 12.7. The summed E-state index contributed by atoms with van der Waals surface area (Å²) >= 11 is 0. The van der Waals surface area contributed by atoms with Gasteiger partial charge in [0.15, 0.2) is 5.82 Å². The normalized spacial score (nSPS) is 17.4. The smallest absolute Gasteiger partial charge is 0.252 e. The summed E-state index contributed by atoms with van der Waals surface area (Å²) in [7, 11) is 1.57. The first-order chi connectivity index (χ1) is 13.0. The van der Waals surface area contributed by atoms with Gasteiger partial charge in [-0.05, 0) is 25.7 Å². The summed E-state index contributed by atoms with van der Waals surface area (Å²) in [4.78, 5) is 33.0. The van der Waals surface area contributed by atoms with Crippen LogP contribution in [0.1, 0.15) is 58.2 Å². The maximum Gasteiger partial charge on any atom is 0.252 e. The molecule has 1 unspecified atom stereocenters. The number of aromatic nitrogens is 2. The zero-order chi connectivity index (χ0) is 19.8.